The van der Waals surface area contributed by atoms with Crippen LogP contribution in [0.5, 0.6) is 0 Å². The number of likely N-dealkylation sites (N-methyl/N-ethyl adjacent to an activating group) is 1. The lowest BCUT2D eigenvalue weighted by atomic mass is 9.97. The zero-order valence-corrected chi connectivity index (χ0v) is 20.6. The third kappa shape index (κ3) is 8.44. The van der Waals surface area contributed by atoms with Crippen molar-refractivity contribution in [2.75, 3.05) is 19.3 Å². The van der Waals surface area contributed by atoms with Gasteiger partial charge in [0.05, 0.1) is 0 Å². The number of carbonyl (C=O) groups is 3. The van der Waals surface area contributed by atoms with Crippen molar-refractivity contribution >= 4 is 30.5 Å². The molecule has 2 atom stereocenters. The van der Waals surface area contributed by atoms with E-state index in [4.69, 9.17) is 4.74 Å². The molecular formula is C23H37N3O4S. The first-order valence-corrected chi connectivity index (χ1v) is 11.3. The molecule has 3 amide bonds. The van der Waals surface area contributed by atoms with E-state index in [1.54, 1.807) is 27.8 Å². The van der Waals surface area contributed by atoms with Gasteiger partial charge in [0.2, 0.25) is 11.8 Å². The predicted molar refractivity (Wildman–Crippen MR) is 126 cm³/mol. The Labute approximate surface area is 191 Å². The van der Waals surface area contributed by atoms with Crippen LogP contribution in [-0.4, -0.2) is 53.8 Å². The molecule has 1 rings (SSSR count). The topological polar surface area (TPSA) is 87.7 Å². The number of benzene rings is 1. The van der Waals surface area contributed by atoms with Gasteiger partial charge in [-0.05, 0) is 52.2 Å². The Balaban J connectivity index is 3.16. The van der Waals surface area contributed by atoms with Gasteiger partial charge in [-0.3, -0.25) is 9.59 Å². The van der Waals surface area contributed by atoms with Crippen LogP contribution in [-0.2, 0) is 14.3 Å². The number of ether oxygens (including phenoxy) is 1. The third-order valence-electron chi connectivity index (χ3n) is 4.70. The number of nitrogens with one attached hydrogen (secondary N) is 2. The predicted octanol–water partition coefficient (Wildman–Crippen LogP) is 3.54. The van der Waals surface area contributed by atoms with Crippen LogP contribution >= 0.6 is 12.6 Å². The van der Waals surface area contributed by atoms with E-state index in [-0.39, 0.29) is 11.7 Å². The molecule has 0 aliphatic rings. The van der Waals surface area contributed by atoms with Gasteiger partial charge in [0.1, 0.15) is 17.7 Å². The van der Waals surface area contributed by atoms with Gasteiger partial charge in [-0.2, -0.15) is 12.6 Å². The molecule has 0 radical (unpaired) electrons. The van der Waals surface area contributed by atoms with Crippen LogP contribution in [0.25, 0.3) is 0 Å². The lowest BCUT2D eigenvalue weighted by Crippen LogP contribution is -2.52. The summed E-state index contributed by atoms with van der Waals surface area (Å²) in [5.74, 6) is -0.609. The van der Waals surface area contributed by atoms with Crippen molar-refractivity contribution in [2.24, 2.45) is 0 Å². The van der Waals surface area contributed by atoms with Crippen molar-refractivity contribution in [3.05, 3.63) is 34.9 Å². The summed E-state index contributed by atoms with van der Waals surface area (Å²) in [4.78, 5) is 39.9. The summed E-state index contributed by atoms with van der Waals surface area (Å²) >= 11 is 4.23. The lowest BCUT2D eigenvalue weighted by Gasteiger charge is -2.32. The fourth-order valence-electron chi connectivity index (χ4n) is 3.15. The number of nitrogens with zero attached hydrogens (tertiary/aromatic N) is 1. The van der Waals surface area contributed by atoms with Crippen molar-refractivity contribution in [2.45, 2.75) is 72.1 Å². The van der Waals surface area contributed by atoms with Crippen molar-refractivity contribution in [1.29, 1.82) is 0 Å². The molecule has 0 bridgehead atoms. The van der Waals surface area contributed by atoms with E-state index in [2.05, 4.69) is 23.3 Å². The van der Waals surface area contributed by atoms with Crippen LogP contribution in [0.3, 0.4) is 0 Å². The highest BCUT2D eigenvalue weighted by molar-refractivity contribution is 7.80. The standard InChI is InChI=1S/C23H37N3O4S/c1-8-9-12-24-20(27)19(17-11-10-15(2)13-16(17)3)26(7)21(28)18(14-31)25-22(29)30-23(4,5)6/h10-11,13,18-19,31H,8-9,12,14H2,1-7H3,(H,24,27)(H,25,29). The average molecular weight is 452 g/mol. The van der Waals surface area contributed by atoms with Crippen LogP contribution in [0, 0.1) is 13.8 Å². The van der Waals surface area contributed by atoms with Crippen molar-refractivity contribution < 1.29 is 19.1 Å². The minimum atomic E-state index is -0.931. The minimum Gasteiger partial charge on any atom is -0.444 e. The Hall–Kier alpha value is -2.22. The highest BCUT2D eigenvalue weighted by Gasteiger charge is 2.34. The second-order valence-electron chi connectivity index (χ2n) is 8.74. The third-order valence-corrected chi connectivity index (χ3v) is 5.07. The van der Waals surface area contributed by atoms with Gasteiger partial charge in [0, 0.05) is 19.3 Å². The minimum absolute atomic E-state index is 0.0689. The molecule has 0 saturated heterocycles. The maximum absolute atomic E-state index is 13.2. The first kappa shape index (κ1) is 26.8. The Morgan fingerprint density at radius 2 is 1.84 bits per heavy atom. The van der Waals surface area contributed by atoms with E-state index in [1.807, 2.05) is 39.0 Å². The van der Waals surface area contributed by atoms with Gasteiger partial charge in [0.25, 0.3) is 0 Å². The van der Waals surface area contributed by atoms with Crippen LogP contribution in [0.15, 0.2) is 18.2 Å². The molecule has 0 fully saturated rings. The molecule has 0 heterocycles. The molecule has 1 aromatic carbocycles. The molecular weight excluding hydrogens is 414 g/mol. The second kappa shape index (κ2) is 12.0. The number of hydrogen-bond acceptors (Lipinski definition) is 5. The molecule has 8 heteroatoms. The van der Waals surface area contributed by atoms with Gasteiger partial charge in [0.15, 0.2) is 0 Å². The Kier molecular flexibility index (Phi) is 10.4. The van der Waals surface area contributed by atoms with E-state index in [1.165, 1.54) is 4.90 Å². The van der Waals surface area contributed by atoms with E-state index in [0.29, 0.717) is 6.54 Å². The Morgan fingerprint density at radius 1 is 1.19 bits per heavy atom. The Bertz CT molecular complexity index is 777. The van der Waals surface area contributed by atoms with Gasteiger partial charge in [-0.25, -0.2) is 4.79 Å². The number of aryl methyl sites for hydroxylation is 2. The molecule has 0 aliphatic carbocycles. The maximum atomic E-state index is 13.2. The summed E-state index contributed by atoms with van der Waals surface area (Å²) in [7, 11) is 1.57. The molecule has 0 aromatic heterocycles. The molecule has 0 saturated carbocycles. The number of alkyl carbamates (subject to hydrolysis) is 1. The van der Waals surface area contributed by atoms with E-state index in [0.717, 1.165) is 29.5 Å². The number of hydrogen-bond donors (Lipinski definition) is 3. The summed E-state index contributed by atoms with van der Waals surface area (Å²) in [6.07, 6.45) is 1.09. The average Bonchev–Trinajstić information content (AvgIpc) is 2.66. The van der Waals surface area contributed by atoms with Gasteiger partial charge in [-0.15, -0.1) is 0 Å². The number of unbranched alkanes of at least 4 members (excludes halogenated alkanes) is 1. The van der Waals surface area contributed by atoms with Gasteiger partial charge >= 0.3 is 6.09 Å². The highest BCUT2D eigenvalue weighted by Crippen LogP contribution is 2.25. The zero-order valence-electron chi connectivity index (χ0n) is 19.7. The largest absolute Gasteiger partial charge is 0.444 e. The van der Waals surface area contributed by atoms with Crippen LogP contribution < -0.4 is 10.6 Å². The molecule has 1 aromatic rings. The van der Waals surface area contributed by atoms with E-state index >= 15 is 0 Å². The normalized spacial score (nSPS) is 13.2. The Morgan fingerprint density at radius 3 is 2.35 bits per heavy atom. The number of thiol groups is 1. The van der Waals surface area contributed by atoms with E-state index < -0.39 is 29.7 Å². The molecule has 0 spiro atoms. The van der Waals surface area contributed by atoms with Crippen LogP contribution in [0.2, 0.25) is 0 Å². The quantitative estimate of drug-likeness (QED) is 0.396. The first-order chi connectivity index (χ1) is 14.4. The van der Waals surface area contributed by atoms with E-state index in [9.17, 15) is 14.4 Å². The van der Waals surface area contributed by atoms with Gasteiger partial charge < -0.3 is 20.3 Å². The molecule has 31 heavy (non-hydrogen) atoms. The summed E-state index contributed by atoms with van der Waals surface area (Å²) < 4.78 is 5.26. The fraction of sp³-hybridized carbons (Fsp3) is 0.609. The molecule has 0 aliphatic heterocycles. The smallest absolute Gasteiger partial charge is 0.408 e. The number of amides is 3. The highest BCUT2D eigenvalue weighted by atomic mass is 32.1. The summed E-state index contributed by atoms with van der Waals surface area (Å²) in [6.45, 7) is 11.7. The summed E-state index contributed by atoms with van der Waals surface area (Å²) in [5.41, 5.74) is 2.03. The fourth-order valence-corrected chi connectivity index (χ4v) is 3.40. The molecule has 7 nitrogen and oxygen atoms in total. The van der Waals surface area contributed by atoms with Crippen LogP contribution in [0.4, 0.5) is 4.79 Å². The van der Waals surface area contributed by atoms with Crippen molar-refractivity contribution in [3.8, 4) is 0 Å². The molecule has 2 unspecified atom stereocenters. The monoisotopic (exact) mass is 451 g/mol. The summed E-state index contributed by atoms with van der Waals surface area (Å²) in [6, 6.07) is 4.01. The lowest BCUT2D eigenvalue weighted by molar-refractivity contribution is -0.140. The SMILES string of the molecule is CCCCNC(=O)C(c1ccc(C)cc1C)N(C)C(=O)C(CS)NC(=O)OC(C)(C)C. The van der Waals surface area contributed by atoms with Crippen LogP contribution in [0.1, 0.15) is 63.3 Å². The van der Waals surface area contributed by atoms with Crippen molar-refractivity contribution in [3.63, 3.8) is 0 Å². The zero-order chi connectivity index (χ0) is 23.8. The first-order valence-electron chi connectivity index (χ1n) is 10.6. The number of carbonyl (C=O) groups excluding carboxylic acids is 3. The van der Waals surface area contributed by atoms with Gasteiger partial charge in [-0.1, -0.05) is 37.1 Å². The van der Waals surface area contributed by atoms with Crippen molar-refractivity contribution in [1.82, 2.24) is 15.5 Å². The molecule has 174 valence electrons. The second-order valence-corrected chi connectivity index (χ2v) is 9.10. The summed E-state index contributed by atoms with van der Waals surface area (Å²) in [5, 5.41) is 5.49. The molecule has 2 N–H and O–H groups in total. The number of rotatable bonds is 9. The maximum Gasteiger partial charge on any atom is 0.408 e.